The predicted octanol–water partition coefficient (Wildman–Crippen LogP) is 1.77. The lowest BCUT2D eigenvalue weighted by molar-refractivity contribution is -0.116. The molecular weight excluding hydrogens is 288 g/mol. The standard InChI is InChI=1S/C13H14N6OS/c1-8-7-10(5-6-14-8)15-11(20)3-4-12-18-19-9(2)16-17-13(19)21-12/h5-7H,3-4H2,1-2H3,(H,14,15,20). The van der Waals surface area contributed by atoms with Gasteiger partial charge in [0, 0.05) is 30.4 Å². The first-order chi connectivity index (χ1) is 10.1. The average molecular weight is 302 g/mol. The highest BCUT2D eigenvalue weighted by Crippen LogP contribution is 2.15. The first-order valence-corrected chi connectivity index (χ1v) is 7.34. The number of nitrogens with one attached hydrogen (secondary N) is 1. The number of nitrogens with zero attached hydrogens (tertiary/aromatic N) is 5. The molecule has 0 fully saturated rings. The van der Waals surface area contributed by atoms with Gasteiger partial charge < -0.3 is 5.32 Å². The van der Waals surface area contributed by atoms with Gasteiger partial charge in [-0.25, -0.2) is 0 Å². The molecule has 8 heteroatoms. The van der Waals surface area contributed by atoms with Gasteiger partial charge in [-0.1, -0.05) is 11.3 Å². The van der Waals surface area contributed by atoms with Gasteiger partial charge >= 0.3 is 0 Å². The van der Waals surface area contributed by atoms with Crippen molar-refractivity contribution in [3.8, 4) is 0 Å². The molecule has 0 bridgehead atoms. The van der Waals surface area contributed by atoms with E-state index in [4.69, 9.17) is 0 Å². The van der Waals surface area contributed by atoms with Crippen molar-refractivity contribution >= 4 is 27.9 Å². The number of hydrogen-bond donors (Lipinski definition) is 1. The molecule has 7 nitrogen and oxygen atoms in total. The number of aromatic nitrogens is 5. The van der Waals surface area contributed by atoms with E-state index in [1.807, 2.05) is 19.9 Å². The smallest absolute Gasteiger partial charge is 0.234 e. The summed E-state index contributed by atoms with van der Waals surface area (Å²) in [6.45, 7) is 3.74. The molecule has 1 N–H and O–H groups in total. The number of carbonyl (C=O) groups is 1. The lowest BCUT2D eigenvalue weighted by atomic mass is 10.3. The fraction of sp³-hybridized carbons (Fsp3) is 0.308. The Kier molecular flexibility index (Phi) is 3.61. The van der Waals surface area contributed by atoms with Crippen LogP contribution in [0.5, 0.6) is 0 Å². The molecule has 108 valence electrons. The van der Waals surface area contributed by atoms with Crippen LogP contribution >= 0.6 is 11.3 Å². The molecule has 0 aliphatic carbocycles. The zero-order valence-electron chi connectivity index (χ0n) is 11.7. The van der Waals surface area contributed by atoms with E-state index in [1.165, 1.54) is 11.3 Å². The van der Waals surface area contributed by atoms with Gasteiger partial charge in [0.25, 0.3) is 0 Å². The van der Waals surface area contributed by atoms with E-state index in [0.29, 0.717) is 12.8 Å². The Balaban J connectivity index is 1.60. The minimum atomic E-state index is -0.0386. The van der Waals surface area contributed by atoms with Crippen molar-refractivity contribution in [3.05, 3.63) is 34.9 Å². The molecule has 3 heterocycles. The van der Waals surface area contributed by atoms with Crippen LogP contribution in [0.1, 0.15) is 22.9 Å². The number of anilines is 1. The molecule has 0 atom stereocenters. The Morgan fingerprint density at radius 2 is 2.24 bits per heavy atom. The molecule has 21 heavy (non-hydrogen) atoms. The minimum Gasteiger partial charge on any atom is -0.326 e. The zero-order chi connectivity index (χ0) is 14.8. The second kappa shape index (κ2) is 5.57. The van der Waals surface area contributed by atoms with Crippen LogP contribution in [-0.2, 0) is 11.2 Å². The highest BCUT2D eigenvalue weighted by Gasteiger charge is 2.10. The van der Waals surface area contributed by atoms with Gasteiger partial charge in [-0.3, -0.25) is 9.78 Å². The van der Waals surface area contributed by atoms with Crippen LogP contribution in [0.4, 0.5) is 5.69 Å². The van der Waals surface area contributed by atoms with Crippen LogP contribution in [0.25, 0.3) is 4.96 Å². The van der Waals surface area contributed by atoms with E-state index in [2.05, 4.69) is 25.6 Å². The summed E-state index contributed by atoms with van der Waals surface area (Å²) in [5.41, 5.74) is 1.64. The SMILES string of the molecule is Cc1cc(NC(=O)CCc2nn3c(C)nnc3s2)ccn1. The number of aryl methyl sites for hydroxylation is 3. The molecular formula is C13H14N6OS. The molecule has 0 radical (unpaired) electrons. The molecule has 0 spiro atoms. The lowest BCUT2D eigenvalue weighted by Crippen LogP contribution is -2.12. The van der Waals surface area contributed by atoms with Crippen molar-refractivity contribution < 1.29 is 4.79 Å². The molecule has 1 amide bonds. The predicted molar refractivity (Wildman–Crippen MR) is 79.3 cm³/mol. The Morgan fingerprint density at radius 3 is 3.00 bits per heavy atom. The normalized spacial score (nSPS) is 11.0. The second-order valence-corrected chi connectivity index (χ2v) is 5.71. The van der Waals surface area contributed by atoms with E-state index in [9.17, 15) is 4.79 Å². The first-order valence-electron chi connectivity index (χ1n) is 6.52. The minimum absolute atomic E-state index is 0.0386. The van der Waals surface area contributed by atoms with Crippen LogP contribution in [0.3, 0.4) is 0 Å². The Morgan fingerprint density at radius 1 is 1.38 bits per heavy atom. The second-order valence-electron chi connectivity index (χ2n) is 4.67. The molecule has 0 aliphatic heterocycles. The molecule has 0 aliphatic rings. The fourth-order valence-electron chi connectivity index (χ4n) is 1.92. The van der Waals surface area contributed by atoms with Crippen LogP contribution in [0, 0.1) is 13.8 Å². The van der Waals surface area contributed by atoms with Gasteiger partial charge in [0.15, 0.2) is 5.82 Å². The summed E-state index contributed by atoms with van der Waals surface area (Å²) in [4.78, 5) is 16.8. The van der Waals surface area contributed by atoms with Crippen LogP contribution in [0.2, 0.25) is 0 Å². The number of carbonyl (C=O) groups excluding carboxylic acids is 1. The largest absolute Gasteiger partial charge is 0.326 e. The van der Waals surface area contributed by atoms with Crippen LogP contribution in [0.15, 0.2) is 18.3 Å². The molecule has 0 saturated carbocycles. The summed E-state index contributed by atoms with van der Waals surface area (Å²) < 4.78 is 1.70. The van der Waals surface area contributed by atoms with Gasteiger partial charge in [0.2, 0.25) is 10.9 Å². The third-order valence-electron chi connectivity index (χ3n) is 2.93. The topological polar surface area (TPSA) is 85.1 Å². The van der Waals surface area contributed by atoms with Gasteiger partial charge in [0.1, 0.15) is 5.01 Å². The molecule has 3 aromatic rings. The molecule has 0 unspecified atom stereocenters. The van der Waals surface area contributed by atoms with E-state index in [1.54, 1.807) is 16.8 Å². The first kappa shape index (κ1) is 13.6. The van der Waals surface area contributed by atoms with Gasteiger partial charge in [-0.05, 0) is 26.0 Å². The summed E-state index contributed by atoms with van der Waals surface area (Å²) in [6, 6.07) is 3.61. The molecule has 3 rings (SSSR count). The maximum atomic E-state index is 11.9. The fourth-order valence-corrected chi connectivity index (χ4v) is 2.80. The Hall–Kier alpha value is -2.35. The molecule has 3 aromatic heterocycles. The van der Waals surface area contributed by atoms with Crippen molar-refractivity contribution in [1.82, 2.24) is 24.8 Å². The summed E-state index contributed by atoms with van der Waals surface area (Å²) in [7, 11) is 0. The van der Waals surface area contributed by atoms with Crippen molar-refractivity contribution in [1.29, 1.82) is 0 Å². The average Bonchev–Trinajstić information content (AvgIpc) is 2.99. The summed E-state index contributed by atoms with van der Waals surface area (Å²) in [6.07, 6.45) is 2.64. The summed E-state index contributed by atoms with van der Waals surface area (Å²) in [5, 5.41) is 16.1. The number of amides is 1. The third-order valence-corrected chi connectivity index (χ3v) is 3.89. The highest BCUT2D eigenvalue weighted by atomic mass is 32.1. The van der Waals surface area contributed by atoms with E-state index in [0.717, 1.165) is 27.2 Å². The van der Waals surface area contributed by atoms with E-state index >= 15 is 0 Å². The Bertz CT molecular complexity index is 793. The number of hydrogen-bond acceptors (Lipinski definition) is 6. The van der Waals surface area contributed by atoms with Crippen LogP contribution < -0.4 is 5.32 Å². The Labute approximate surface area is 125 Å². The van der Waals surface area contributed by atoms with Crippen molar-refractivity contribution in [2.45, 2.75) is 26.7 Å². The van der Waals surface area contributed by atoms with Gasteiger partial charge in [-0.2, -0.15) is 9.61 Å². The van der Waals surface area contributed by atoms with Gasteiger partial charge in [0.05, 0.1) is 0 Å². The molecule has 0 aromatic carbocycles. The van der Waals surface area contributed by atoms with Crippen molar-refractivity contribution in [3.63, 3.8) is 0 Å². The monoisotopic (exact) mass is 302 g/mol. The third kappa shape index (κ3) is 3.05. The lowest BCUT2D eigenvalue weighted by Gasteiger charge is -2.04. The quantitative estimate of drug-likeness (QED) is 0.794. The zero-order valence-corrected chi connectivity index (χ0v) is 12.5. The number of rotatable bonds is 4. The summed E-state index contributed by atoms with van der Waals surface area (Å²) >= 11 is 1.46. The maximum Gasteiger partial charge on any atom is 0.234 e. The maximum absolute atomic E-state index is 11.9. The number of fused-ring (bicyclic) bond motifs is 1. The van der Waals surface area contributed by atoms with Gasteiger partial charge in [-0.15, -0.1) is 10.2 Å². The van der Waals surface area contributed by atoms with Crippen LogP contribution in [-0.4, -0.2) is 30.7 Å². The number of pyridine rings is 1. The van der Waals surface area contributed by atoms with E-state index in [-0.39, 0.29) is 5.91 Å². The summed E-state index contributed by atoms with van der Waals surface area (Å²) in [5.74, 6) is 0.715. The van der Waals surface area contributed by atoms with Crippen molar-refractivity contribution in [2.24, 2.45) is 0 Å². The van der Waals surface area contributed by atoms with E-state index < -0.39 is 0 Å². The van der Waals surface area contributed by atoms with Crippen molar-refractivity contribution in [2.75, 3.05) is 5.32 Å². The molecule has 0 saturated heterocycles. The highest BCUT2D eigenvalue weighted by molar-refractivity contribution is 7.16.